The molecule has 0 spiro atoms. The number of para-hydroxylation sites is 1. The zero-order valence-corrected chi connectivity index (χ0v) is 30.0. The van der Waals surface area contributed by atoms with Gasteiger partial charge < -0.3 is 14.4 Å². The first-order valence-corrected chi connectivity index (χ1v) is 18.6. The number of rotatable bonds is 3. The van der Waals surface area contributed by atoms with Crippen LogP contribution in [0.3, 0.4) is 0 Å². The number of fused-ring (bicyclic) bond motifs is 8. The van der Waals surface area contributed by atoms with Crippen molar-refractivity contribution in [2.45, 2.75) is 20.8 Å². The number of nitrogens with zero attached hydrogens (tertiary/aromatic N) is 3. The van der Waals surface area contributed by atoms with Crippen molar-refractivity contribution in [3.8, 4) is 5.69 Å². The van der Waals surface area contributed by atoms with E-state index in [1.54, 1.807) is 0 Å². The molecule has 4 heteroatoms. The summed E-state index contributed by atoms with van der Waals surface area (Å²) in [4.78, 5) is 4.98. The summed E-state index contributed by atoms with van der Waals surface area (Å²) >= 11 is 0. The zero-order chi connectivity index (χ0) is 35.4. The molecule has 0 saturated carbocycles. The molecule has 0 radical (unpaired) electrons. The summed E-state index contributed by atoms with van der Waals surface area (Å²) < 4.78 is 2.46. The molecule has 11 rings (SSSR count). The van der Waals surface area contributed by atoms with Crippen molar-refractivity contribution >= 4 is 89.8 Å². The fraction of sp³-hybridized carbons (Fsp3) is 0.0612. The summed E-state index contributed by atoms with van der Waals surface area (Å²) in [7, 11) is 0. The molecule has 0 bridgehead atoms. The van der Waals surface area contributed by atoms with Gasteiger partial charge in [0.05, 0.1) is 11.0 Å². The Labute approximate surface area is 310 Å². The molecule has 1 aromatic heterocycles. The Balaban J connectivity index is 1.19. The van der Waals surface area contributed by atoms with Crippen molar-refractivity contribution in [2.75, 3.05) is 9.80 Å². The van der Waals surface area contributed by atoms with E-state index in [2.05, 4.69) is 199 Å². The zero-order valence-electron chi connectivity index (χ0n) is 30.0. The third-order valence-corrected chi connectivity index (χ3v) is 11.5. The van der Waals surface area contributed by atoms with E-state index < -0.39 is 0 Å². The molecular formula is C49H36BN3. The Morgan fingerprint density at radius 1 is 0.377 bits per heavy atom. The van der Waals surface area contributed by atoms with Gasteiger partial charge >= 0.3 is 0 Å². The highest BCUT2D eigenvalue weighted by atomic mass is 15.2. The van der Waals surface area contributed by atoms with E-state index in [9.17, 15) is 0 Å². The Bertz CT molecular complexity index is 2900. The van der Waals surface area contributed by atoms with Crippen molar-refractivity contribution < 1.29 is 0 Å². The minimum absolute atomic E-state index is 0.0725. The lowest BCUT2D eigenvalue weighted by Crippen LogP contribution is -2.61. The van der Waals surface area contributed by atoms with E-state index >= 15 is 0 Å². The molecular weight excluding hydrogens is 641 g/mol. The van der Waals surface area contributed by atoms with Gasteiger partial charge in [-0.05, 0) is 127 Å². The van der Waals surface area contributed by atoms with Crippen LogP contribution in [0.1, 0.15) is 16.7 Å². The van der Waals surface area contributed by atoms with Crippen molar-refractivity contribution in [2.24, 2.45) is 0 Å². The highest BCUT2D eigenvalue weighted by Crippen LogP contribution is 2.45. The number of hydrogen-bond acceptors (Lipinski definition) is 2. The van der Waals surface area contributed by atoms with E-state index in [-0.39, 0.29) is 6.71 Å². The van der Waals surface area contributed by atoms with Gasteiger partial charge in [-0.15, -0.1) is 0 Å². The molecule has 2 aliphatic heterocycles. The molecule has 0 aliphatic carbocycles. The van der Waals surface area contributed by atoms with Gasteiger partial charge in [0.15, 0.2) is 0 Å². The molecule has 0 unspecified atom stereocenters. The largest absolute Gasteiger partial charge is 0.311 e. The Morgan fingerprint density at radius 2 is 0.943 bits per heavy atom. The average molecular weight is 678 g/mol. The number of aryl methyl sites for hydroxylation is 3. The molecule has 53 heavy (non-hydrogen) atoms. The highest BCUT2D eigenvalue weighted by Gasteiger charge is 2.43. The van der Waals surface area contributed by atoms with Crippen molar-refractivity contribution in [1.82, 2.24) is 4.57 Å². The first-order valence-electron chi connectivity index (χ1n) is 18.6. The quantitative estimate of drug-likeness (QED) is 0.173. The first kappa shape index (κ1) is 30.1. The lowest BCUT2D eigenvalue weighted by Gasteiger charge is -2.44. The second-order valence-corrected chi connectivity index (χ2v) is 14.9. The van der Waals surface area contributed by atoms with Crippen LogP contribution >= 0.6 is 0 Å². The fourth-order valence-electron chi connectivity index (χ4n) is 9.10. The van der Waals surface area contributed by atoms with Crippen LogP contribution in [0.5, 0.6) is 0 Å². The third kappa shape index (κ3) is 4.42. The molecule has 3 nitrogen and oxygen atoms in total. The molecule has 9 aromatic rings. The predicted octanol–water partition coefficient (Wildman–Crippen LogP) is 10.9. The van der Waals surface area contributed by atoms with Gasteiger partial charge in [-0.1, -0.05) is 102 Å². The summed E-state index contributed by atoms with van der Waals surface area (Å²) in [5.41, 5.74) is 18.6. The van der Waals surface area contributed by atoms with Crippen LogP contribution in [-0.4, -0.2) is 11.3 Å². The van der Waals surface area contributed by atoms with E-state index in [1.165, 1.54) is 94.1 Å². The minimum Gasteiger partial charge on any atom is -0.311 e. The van der Waals surface area contributed by atoms with Crippen LogP contribution in [0.25, 0.3) is 38.3 Å². The maximum absolute atomic E-state index is 2.50. The lowest BCUT2D eigenvalue weighted by atomic mass is 9.33. The third-order valence-electron chi connectivity index (χ3n) is 11.5. The maximum atomic E-state index is 2.50. The van der Waals surface area contributed by atoms with E-state index in [1.807, 2.05) is 0 Å². The first-order chi connectivity index (χ1) is 26.0. The van der Waals surface area contributed by atoms with E-state index in [4.69, 9.17) is 0 Å². The van der Waals surface area contributed by atoms with Crippen LogP contribution < -0.4 is 26.2 Å². The number of aromatic nitrogens is 1. The van der Waals surface area contributed by atoms with Gasteiger partial charge in [-0.3, -0.25) is 0 Å². The molecule has 2 aliphatic rings. The van der Waals surface area contributed by atoms with Gasteiger partial charge in [0.2, 0.25) is 0 Å². The fourth-order valence-corrected chi connectivity index (χ4v) is 9.10. The van der Waals surface area contributed by atoms with Crippen LogP contribution in [0.15, 0.2) is 164 Å². The van der Waals surface area contributed by atoms with Crippen LogP contribution in [-0.2, 0) is 0 Å². The van der Waals surface area contributed by atoms with Gasteiger partial charge in [0.1, 0.15) is 0 Å². The summed E-state index contributed by atoms with van der Waals surface area (Å²) in [6.45, 7) is 6.61. The summed E-state index contributed by atoms with van der Waals surface area (Å²) in [6.07, 6.45) is 0. The van der Waals surface area contributed by atoms with Crippen molar-refractivity contribution in [3.05, 3.63) is 180 Å². The smallest absolute Gasteiger partial charge is 0.252 e. The topological polar surface area (TPSA) is 11.4 Å². The molecule has 0 fully saturated rings. The van der Waals surface area contributed by atoms with Gasteiger partial charge in [0, 0.05) is 50.6 Å². The maximum Gasteiger partial charge on any atom is 0.252 e. The normalized spacial score (nSPS) is 13.1. The molecule has 3 heterocycles. The Hall–Kier alpha value is -6.52. The Kier molecular flexibility index (Phi) is 6.39. The average Bonchev–Trinajstić information content (AvgIpc) is 3.50. The summed E-state index contributed by atoms with van der Waals surface area (Å²) in [5.74, 6) is 0. The second-order valence-electron chi connectivity index (χ2n) is 14.9. The number of hydrogen-bond donors (Lipinski definition) is 0. The minimum atomic E-state index is 0.0725. The van der Waals surface area contributed by atoms with E-state index in [0.717, 1.165) is 11.4 Å². The summed E-state index contributed by atoms with van der Waals surface area (Å²) in [5, 5.41) is 5.07. The second kappa shape index (κ2) is 11.2. The SMILES string of the molecule is Cc1ccc(N2c3cc(-n4c5ccc(C)cc5c5cc(C)ccc54)ccc3B3c4ccccc4N(c4ccc5ccccc5c4)c4cccc2c43)cc1. The number of anilines is 6. The summed E-state index contributed by atoms with van der Waals surface area (Å²) in [6, 6.07) is 61.3. The van der Waals surface area contributed by atoms with Crippen LogP contribution in [0.2, 0.25) is 0 Å². The predicted molar refractivity (Wildman–Crippen MR) is 227 cm³/mol. The lowest BCUT2D eigenvalue weighted by molar-refractivity contribution is 1.17. The molecule has 250 valence electrons. The standard InChI is InChI=1S/C49H36BN3/c1-31-15-20-36(21-16-31)51-46-13-8-14-47-49(46)50(41-11-6-7-12-45(41)53(47)37-22-19-34-9-4-5-10-35(34)29-37)42-24-23-38(30-48(42)51)52-43-25-17-32(2)27-39(43)40-28-33(3)18-26-44(40)52/h4-30H,1-3H3. The van der Waals surface area contributed by atoms with Crippen molar-refractivity contribution in [3.63, 3.8) is 0 Å². The monoisotopic (exact) mass is 677 g/mol. The molecule has 0 amide bonds. The van der Waals surface area contributed by atoms with Crippen LogP contribution in [0, 0.1) is 20.8 Å². The van der Waals surface area contributed by atoms with Crippen LogP contribution in [0.4, 0.5) is 34.1 Å². The van der Waals surface area contributed by atoms with Gasteiger partial charge in [-0.2, -0.15) is 0 Å². The van der Waals surface area contributed by atoms with E-state index in [0.29, 0.717) is 0 Å². The number of benzene rings is 8. The van der Waals surface area contributed by atoms with Crippen molar-refractivity contribution in [1.29, 1.82) is 0 Å². The molecule has 8 aromatic carbocycles. The highest BCUT2D eigenvalue weighted by molar-refractivity contribution is 7.00. The van der Waals surface area contributed by atoms with Gasteiger partial charge in [-0.25, -0.2) is 0 Å². The Morgan fingerprint density at radius 3 is 1.68 bits per heavy atom. The molecule has 0 atom stereocenters. The molecule has 0 saturated heterocycles. The molecule has 0 N–H and O–H groups in total. The van der Waals surface area contributed by atoms with Gasteiger partial charge in [0.25, 0.3) is 6.71 Å².